The molecule has 0 saturated heterocycles. The molecule has 0 bridgehead atoms. The zero-order valence-electron chi connectivity index (χ0n) is 16.4. The summed E-state index contributed by atoms with van der Waals surface area (Å²) in [6, 6.07) is 14.0. The molecule has 0 aromatic heterocycles. The number of nitrogens with one attached hydrogen (secondary N) is 2. The first-order valence-electron chi connectivity index (χ1n) is 9.82. The topological polar surface area (TPSA) is 90.9 Å². The van der Waals surface area contributed by atoms with Gasteiger partial charge in [-0.05, 0) is 49.4 Å². The molecule has 3 rings (SSSR count). The van der Waals surface area contributed by atoms with Gasteiger partial charge >= 0.3 is 0 Å². The van der Waals surface area contributed by atoms with Crippen LogP contribution in [0.1, 0.15) is 37.3 Å². The van der Waals surface area contributed by atoms with Gasteiger partial charge in [-0.15, -0.1) is 0 Å². The van der Waals surface area contributed by atoms with Crippen LogP contribution in [-0.2, 0) is 4.79 Å². The smallest absolute Gasteiger partial charge is 0.223 e. The van der Waals surface area contributed by atoms with Crippen molar-refractivity contribution in [1.29, 1.82) is 5.26 Å². The molecule has 1 aliphatic rings. The second kappa shape index (κ2) is 9.24. The molecule has 5 nitrogen and oxygen atoms in total. The highest BCUT2D eigenvalue weighted by Gasteiger charge is 2.29. The Kier molecular flexibility index (Phi) is 6.50. The van der Waals surface area contributed by atoms with E-state index < -0.39 is 5.82 Å². The van der Waals surface area contributed by atoms with Gasteiger partial charge in [0.25, 0.3) is 0 Å². The van der Waals surface area contributed by atoms with Crippen LogP contribution in [-0.4, -0.2) is 18.5 Å². The third-order valence-corrected chi connectivity index (χ3v) is 5.29. The summed E-state index contributed by atoms with van der Waals surface area (Å²) in [5.74, 6) is -0.274. The van der Waals surface area contributed by atoms with Crippen molar-refractivity contribution in [3.8, 4) is 17.2 Å². The largest absolute Gasteiger partial charge is 0.403 e. The highest BCUT2D eigenvalue weighted by Crippen LogP contribution is 2.29. The molecule has 0 aliphatic heterocycles. The number of benzene rings is 2. The second-order valence-electron chi connectivity index (χ2n) is 7.21. The van der Waals surface area contributed by atoms with E-state index in [0.29, 0.717) is 17.7 Å². The number of carbonyl (C=O) groups excluding carboxylic acids is 1. The number of hydrogen-bond acceptors (Lipinski definition) is 4. The van der Waals surface area contributed by atoms with E-state index in [9.17, 15) is 9.18 Å². The van der Waals surface area contributed by atoms with Gasteiger partial charge < -0.3 is 16.4 Å². The zero-order chi connectivity index (χ0) is 20.8. The van der Waals surface area contributed by atoms with Crippen LogP contribution in [0.15, 0.2) is 48.7 Å². The van der Waals surface area contributed by atoms with E-state index in [4.69, 9.17) is 11.0 Å². The van der Waals surface area contributed by atoms with E-state index in [1.807, 2.05) is 37.3 Å². The Morgan fingerprint density at radius 3 is 2.66 bits per heavy atom. The fourth-order valence-corrected chi connectivity index (χ4v) is 3.77. The van der Waals surface area contributed by atoms with Crippen LogP contribution in [0, 0.1) is 23.1 Å². The van der Waals surface area contributed by atoms with Gasteiger partial charge in [0.2, 0.25) is 5.91 Å². The first kappa shape index (κ1) is 20.4. The van der Waals surface area contributed by atoms with E-state index in [1.54, 1.807) is 12.1 Å². The van der Waals surface area contributed by atoms with Crippen LogP contribution < -0.4 is 16.4 Å². The SMILES string of the molecule is CCNC(=O)C1CCC(N/C(=C\N)c2ccc(-c3ccc(C#N)cc3F)cc2)C1. The van der Waals surface area contributed by atoms with Crippen molar-refractivity contribution in [3.05, 3.63) is 65.6 Å². The Hall–Kier alpha value is -3.33. The Morgan fingerprint density at radius 2 is 2.03 bits per heavy atom. The zero-order valence-corrected chi connectivity index (χ0v) is 16.4. The highest BCUT2D eigenvalue weighted by molar-refractivity contribution is 5.79. The molecular weight excluding hydrogens is 367 g/mol. The summed E-state index contributed by atoms with van der Waals surface area (Å²) in [6.07, 6.45) is 4.07. The molecule has 1 aliphatic carbocycles. The van der Waals surface area contributed by atoms with Crippen LogP contribution in [0.25, 0.3) is 16.8 Å². The molecule has 2 aromatic rings. The van der Waals surface area contributed by atoms with Gasteiger partial charge in [-0.25, -0.2) is 4.39 Å². The molecule has 1 amide bonds. The first-order valence-corrected chi connectivity index (χ1v) is 9.82. The molecule has 1 fully saturated rings. The van der Waals surface area contributed by atoms with Crippen LogP contribution in [0.5, 0.6) is 0 Å². The fraction of sp³-hybridized carbons (Fsp3) is 0.304. The molecule has 2 unspecified atom stereocenters. The second-order valence-corrected chi connectivity index (χ2v) is 7.21. The first-order chi connectivity index (χ1) is 14.0. The molecule has 2 aromatic carbocycles. The van der Waals surface area contributed by atoms with Crippen molar-refractivity contribution in [3.63, 3.8) is 0 Å². The standard InChI is InChI=1S/C23H25FN4O/c1-2-27-23(29)18-8-9-19(12-18)28-22(14-26)17-6-4-16(5-7-17)20-10-3-15(13-25)11-21(20)24/h3-7,10-11,14,18-19,28H,2,8-9,12,26H2,1H3,(H,27,29)/b22-14-. The summed E-state index contributed by atoms with van der Waals surface area (Å²) in [6.45, 7) is 2.57. The summed E-state index contributed by atoms with van der Waals surface area (Å²) in [7, 11) is 0. The number of amides is 1. The van der Waals surface area contributed by atoms with Gasteiger partial charge in [0.15, 0.2) is 0 Å². The quantitative estimate of drug-likeness (QED) is 0.702. The third kappa shape index (κ3) is 4.75. The van der Waals surface area contributed by atoms with E-state index in [-0.39, 0.29) is 17.9 Å². The van der Waals surface area contributed by atoms with Crippen LogP contribution in [0.4, 0.5) is 4.39 Å². The predicted octanol–water partition coefficient (Wildman–Crippen LogP) is 3.52. The van der Waals surface area contributed by atoms with Gasteiger partial charge in [0.1, 0.15) is 5.82 Å². The normalized spacial score (nSPS) is 18.9. The molecule has 0 heterocycles. The van der Waals surface area contributed by atoms with Gasteiger partial charge in [0, 0.05) is 30.3 Å². The number of nitrogens with zero attached hydrogens (tertiary/aromatic N) is 1. The van der Waals surface area contributed by atoms with E-state index in [0.717, 1.165) is 36.1 Å². The molecule has 150 valence electrons. The Balaban J connectivity index is 1.69. The number of halogens is 1. The van der Waals surface area contributed by atoms with Crippen LogP contribution in [0.3, 0.4) is 0 Å². The monoisotopic (exact) mass is 392 g/mol. The van der Waals surface area contributed by atoms with E-state index in [1.165, 1.54) is 12.3 Å². The summed E-state index contributed by atoms with van der Waals surface area (Å²) in [5, 5.41) is 15.2. The van der Waals surface area contributed by atoms with Crippen molar-refractivity contribution >= 4 is 11.6 Å². The maximum atomic E-state index is 14.2. The minimum absolute atomic E-state index is 0.0354. The fourth-order valence-electron chi connectivity index (χ4n) is 3.77. The Bertz CT molecular complexity index is 946. The summed E-state index contributed by atoms with van der Waals surface area (Å²) >= 11 is 0. The summed E-state index contributed by atoms with van der Waals surface area (Å²) < 4.78 is 14.2. The Labute approximate surface area is 170 Å². The lowest BCUT2D eigenvalue weighted by Crippen LogP contribution is -2.31. The van der Waals surface area contributed by atoms with Gasteiger partial charge in [-0.1, -0.05) is 30.3 Å². The lowest BCUT2D eigenvalue weighted by molar-refractivity contribution is -0.124. The molecule has 0 spiro atoms. The van der Waals surface area contributed by atoms with Gasteiger partial charge in [-0.3, -0.25) is 4.79 Å². The van der Waals surface area contributed by atoms with E-state index >= 15 is 0 Å². The summed E-state index contributed by atoms with van der Waals surface area (Å²) in [5.41, 5.74) is 8.99. The highest BCUT2D eigenvalue weighted by atomic mass is 19.1. The lowest BCUT2D eigenvalue weighted by Gasteiger charge is -2.18. The number of hydrogen-bond donors (Lipinski definition) is 3. The number of rotatable bonds is 6. The average molecular weight is 392 g/mol. The van der Waals surface area contributed by atoms with Crippen molar-refractivity contribution in [2.75, 3.05) is 6.54 Å². The Morgan fingerprint density at radius 1 is 1.28 bits per heavy atom. The van der Waals surface area contributed by atoms with Crippen molar-refractivity contribution in [2.24, 2.45) is 11.7 Å². The summed E-state index contributed by atoms with van der Waals surface area (Å²) in [4.78, 5) is 12.0. The molecule has 1 saturated carbocycles. The third-order valence-electron chi connectivity index (χ3n) is 5.29. The van der Waals surface area contributed by atoms with Gasteiger partial charge in [-0.2, -0.15) is 5.26 Å². The minimum Gasteiger partial charge on any atom is -0.403 e. The number of carbonyl (C=O) groups is 1. The minimum atomic E-state index is -0.424. The number of nitrogens with two attached hydrogens (primary N) is 1. The maximum absolute atomic E-state index is 14.2. The molecular formula is C23H25FN4O. The van der Waals surface area contributed by atoms with Gasteiger partial charge in [0.05, 0.1) is 17.3 Å². The molecule has 2 atom stereocenters. The van der Waals surface area contributed by atoms with E-state index in [2.05, 4.69) is 10.6 Å². The van der Waals surface area contributed by atoms with Crippen molar-refractivity contribution in [1.82, 2.24) is 10.6 Å². The van der Waals surface area contributed by atoms with Crippen molar-refractivity contribution < 1.29 is 9.18 Å². The molecule has 4 N–H and O–H groups in total. The molecule has 6 heteroatoms. The molecule has 29 heavy (non-hydrogen) atoms. The maximum Gasteiger partial charge on any atom is 0.223 e. The van der Waals surface area contributed by atoms with Crippen molar-refractivity contribution in [2.45, 2.75) is 32.2 Å². The average Bonchev–Trinajstić information content (AvgIpc) is 3.21. The van der Waals surface area contributed by atoms with Crippen LogP contribution in [0.2, 0.25) is 0 Å². The predicted molar refractivity (Wildman–Crippen MR) is 112 cm³/mol. The van der Waals surface area contributed by atoms with Crippen LogP contribution >= 0.6 is 0 Å². The number of nitriles is 1. The molecule has 0 radical (unpaired) electrons. The lowest BCUT2D eigenvalue weighted by atomic mass is 10.0.